The fraction of sp³-hybridized carbons (Fsp3) is 0.556. The predicted molar refractivity (Wildman–Crippen MR) is 58.4 cm³/mol. The molecule has 0 bridgehead atoms. The molecule has 0 unspecified atom stereocenters. The summed E-state index contributed by atoms with van der Waals surface area (Å²) < 4.78 is 10.1. The lowest BCUT2D eigenvalue weighted by atomic mass is 10.4. The van der Waals surface area contributed by atoms with Crippen LogP contribution >= 0.6 is 0 Å². The molecule has 19 heavy (non-hydrogen) atoms. The summed E-state index contributed by atoms with van der Waals surface area (Å²) in [5.41, 5.74) is 0. The molecule has 0 radical (unpaired) electrons. The van der Waals surface area contributed by atoms with Crippen molar-refractivity contribution in [2.75, 3.05) is 27.3 Å². The molecule has 10 nitrogen and oxygen atoms in total. The summed E-state index contributed by atoms with van der Waals surface area (Å²) in [7, 11) is 2.37. The second-order valence-electron chi connectivity index (χ2n) is 3.41. The van der Waals surface area contributed by atoms with E-state index in [1.54, 1.807) is 0 Å². The number of nitrogens with zero attached hydrogens (tertiary/aromatic N) is 5. The van der Waals surface area contributed by atoms with Crippen LogP contribution in [0.2, 0.25) is 0 Å². The summed E-state index contributed by atoms with van der Waals surface area (Å²) in [6.45, 7) is -0.903. The number of ether oxygens (including phenoxy) is 2. The maximum atomic E-state index is 11.9. The topological polar surface area (TPSA) is 117 Å². The van der Waals surface area contributed by atoms with Gasteiger partial charge in [-0.1, -0.05) is 0 Å². The second kappa shape index (κ2) is 7.03. The van der Waals surface area contributed by atoms with Gasteiger partial charge in [0.05, 0.1) is 14.2 Å². The van der Waals surface area contributed by atoms with Gasteiger partial charge >= 0.3 is 11.9 Å². The fourth-order valence-electron chi connectivity index (χ4n) is 1.16. The van der Waals surface area contributed by atoms with Crippen LogP contribution in [0, 0.1) is 0 Å². The predicted octanol–water partition coefficient (Wildman–Crippen LogP) is -2.15. The number of rotatable bonds is 6. The van der Waals surface area contributed by atoms with Crippen molar-refractivity contribution in [1.29, 1.82) is 0 Å². The van der Waals surface area contributed by atoms with Gasteiger partial charge in [0.2, 0.25) is 5.91 Å². The molecule has 0 aliphatic rings. The van der Waals surface area contributed by atoms with Crippen LogP contribution in [0.25, 0.3) is 0 Å². The molecule has 1 aromatic heterocycles. The van der Waals surface area contributed by atoms with Crippen LogP contribution in [0.1, 0.15) is 0 Å². The summed E-state index contributed by atoms with van der Waals surface area (Å²) in [6, 6.07) is 0. The van der Waals surface area contributed by atoms with Crippen molar-refractivity contribution in [3.05, 3.63) is 6.33 Å². The minimum atomic E-state index is -0.644. The van der Waals surface area contributed by atoms with E-state index < -0.39 is 17.8 Å². The van der Waals surface area contributed by atoms with Crippen molar-refractivity contribution < 1.29 is 23.9 Å². The molecule has 1 heterocycles. The number of methoxy groups -OCH3 is 2. The third-order valence-corrected chi connectivity index (χ3v) is 2.14. The minimum Gasteiger partial charge on any atom is -0.468 e. The maximum Gasteiger partial charge on any atom is 0.325 e. The van der Waals surface area contributed by atoms with Gasteiger partial charge in [-0.2, -0.15) is 0 Å². The number of hydrogen-bond acceptors (Lipinski definition) is 8. The summed E-state index contributed by atoms with van der Waals surface area (Å²) in [4.78, 5) is 35.3. The molecule has 0 aromatic carbocycles. The quantitative estimate of drug-likeness (QED) is 0.537. The van der Waals surface area contributed by atoms with Gasteiger partial charge in [-0.05, 0) is 10.4 Å². The highest BCUT2D eigenvalue weighted by Gasteiger charge is 2.21. The number of hydrogen-bond donors (Lipinski definition) is 0. The van der Waals surface area contributed by atoms with Gasteiger partial charge in [0.25, 0.3) is 0 Å². The molecule has 0 N–H and O–H groups in total. The normalized spacial score (nSPS) is 9.79. The standard InChI is InChI=1S/C9H13N5O5/c1-18-8(16)4-13(5-9(17)19-2)7(15)3-14-6-10-11-12-14/h6H,3-5H2,1-2H3. The van der Waals surface area contributed by atoms with Gasteiger partial charge in [-0.3, -0.25) is 14.4 Å². The number of carbonyl (C=O) groups is 3. The highest BCUT2D eigenvalue weighted by molar-refractivity contribution is 5.85. The smallest absolute Gasteiger partial charge is 0.325 e. The van der Waals surface area contributed by atoms with Gasteiger partial charge < -0.3 is 14.4 Å². The molecule has 0 saturated carbocycles. The van der Waals surface area contributed by atoms with Crippen molar-refractivity contribution >= 4 is 17.8 Å². The van der Waals surface area contributed by atoms with Crippen molar-refractivity contribution in [1.82, 2.24) is 25.1 Å². The first-order valence-electron chi connectivity index (χ1n) is 5.19. The Bertz CT molecular complexity index is 428. The SMILES string of the molecule is COC(=O)CN(CC(=O)OC)C(=O)Cn1cnnn1. The number of carbonyl (C=O) groups excluding carboxylic acids is 3. The van der Waals surface area contributed by atoms with E-state index in [2.05, 4.69) is 25.0 Å². The highest BCUT2D eigenvalue weighted by Crippen LogP contribution is 1.95. The molecule has 0 aliphatic carbocycles. The average molecular weight is 271 g/mol. The van der Waals surface area contributed by atoms with Gasteiger partial charge in [0.1, 0.15) is 26.0 Å². The summed E-state index contributed by atoms with van der Waals surface area (Å²) in [5, 5.41) is 10.2. The van der Waals surface area contributed by atoms with Crippen molar-refractivity contribution in [3.8, 4) is 0 Å². The second-order valence-corrected chi connectivity index (χ2v) is 3.41. The molecule has 0 saturated heterocycles. The van der Waals surface area contributed by atoms with Crippen LogP contribution in [0.3, 0.4) is 0 Å². The van der Waals surface area contributed by atoms with Crippen molar-refractivity contribution in [3.63, 3.8) is 0 Å². The molecule has 0 spiro atoms. The van der Waals surface area contributed by atoms with E-state index in [1.165, 1.54) is 25.2 Å². The van der Waals surface area contributed by atoms with E-state index in [-0.39, 0.29) is 19.6 Å². The molecule has 10 heteroatoms. The van der Waals surface area contributed by atoms with Gasteiger partial charge in [0, 0.05) is 0 Å². The van der Waals surface area contributed by atoms with Gasteiger partial charge in [-0.25, -0.2) is 4.68 Å². The third-order valence-electron chi connectivity index (χ3n) is 2.14. The fourth-order valence-corrected chi connectivity index (χ4v) is 1.16. The zero-order chi connectivity index (χ0) is 14.3. The van der Waals surface area contributed by atoms with Gasteiger partial charge in [0.15, 0.2) is 0 Å². The zero-order valence-electron chi connectivity index (χ0n) is 10.5. The molecular weight excluding hydrogens is 258 g/mol. The molecule has 1 rings (SSSR count). The molecular formula is C9H13N5O5. The van der Waals surface area contributed by atoms with E-state index in [1.807, 2.05) is 0 Å². The number of tetrazole rings is 1. The first-order valence-corrected chi connectivity index (χ1v) is 5.19. The van der Waals surface area contributed by atoms with Crippen LogP contribution in [0.15, 0.2) is 6.33 Å². The average Bonchev–Trinajstić information content (AvgIpc) is 2.90. The Morgan fingerprint density at radius 3 is 2.16 bits per heavy atom. The lowest BCUT2D eigenvalue weighted by molar-refractivity contribution is -0.152. The Morgan fingerprint density at radius 1 is 1.16 bits per heavy atom. The van der Waals surface area contributed by atoms with E-state index in [0.29, 0.717) is 0 Å². The minimum absolute atomic E-state index is 0.193. The van der Waals surface area contributed by atoms with Crippen molar-refractivity contribution in [2.24, 2.45) is 0 Å². The van der Waals surface area contributed by atoms with Crippen LogP contribution in [0.4, 0.5) is 0 Å². The summed E-state index contributed by atoms with van der Waals surface area (Å²) in [5.74, 6) is -1.80. The van der Waals surface area contributed by atoms with E-state index in [4.69, 9.17) is 0 Å². The molecule has 1 aromatic rings. The van der Waals surface area contributed by atoms with Crippen LogP contribution in [-0.4, -0.2) is 70.3 Å². The highest BCUT2D eigenvalue weighted by atomic mass is 16.5. The third kappa shape index (κ3) is 4.69. The lowest BCUT2D eigenvalue weighted by Crippen LogP contribution is -2.41. The maximum absolute atomic E-state index is 11.9. The molecule has 0 aliphatic heterocycles. The Labute approximate surface area is 108 Å². The Balaban J connectivity index is 2.68. The summed E-state index contributed by atoms with van der Waals surface area (Å²) >= 11 is 0. The number of amides is 1. The molecule has 1 amide bonds. The Kier molecular flexibility index (Phi) is 5.38. The monoisotopic (exact) mass is 271 g/mol. The largest absolute Gasteiger partial charge is 0.468 e. The molecule has 0 atom stereocenters. The van der Waals surface area contributed by atoms with Gasteiger partial charge in [-0.15, -0.1) is 5.10 Å². The van der Waals surface area contributed by atoms with E-state index >= 15 is 0 Å². The van der Waals surface area contributed by atoms with E-state index in [0.717, 1.165) is 4.90 Å². The Morgan fingerprint density at radius 2 is 1.74 bits per heavy atom. The zero-order valence-corrected chi connectivity index (χ0v) is 10.5. The van der Waals surface area contributed by atoms with Crippen LogP contribution < -0.4 is 0 Å². The first-order chi connectivity index (χ1) is 9.06. The first kappa shape index (κ1) is 14.5. The number of aromatic nitrogens is 4. The lowest BCUT2D eigenvalue weighted by Gasteiger charge is -2.19. The molecule has 104 valence electrons. The molecule has 0 fully saturated rings. The summed E-state index contributed by atoms with van der Waals surface area (Å²) in [6.07, 6.45) is 1.24. The van der Waals surface area contributed by atoms with Crippen LogP contribution in [0.5, 0.6) is 0 Å². The number of esters is 2. The van der Waals surface area contributed by atoms with Crippen LogP contribution in [-0.2, 0) is 30.4 Å². The van der Waals surface area contributed by atoms with Crippen molar-refractivity contribution in [2.45, 2.75) is 6.54 Å². The Hall–Kier alpha value is -2.52. The van der Waals surface area contributed by atoms with E-state index in [9.17, 15) is 14.4 Å².